The van der Waals surface area contributed by atoms with Gasteiger partial charge in [-0.1, -0.05) is 11.6 Å². The lowest BCUT2D eigenvalue weighted by Crippen LogP contribution is -2.20. The smallest absolute Gasteiger partial charge is 0.222 e. The fourth-order valence-corrected chi connectivity index (χ4v) is 1.47. The lowest BCUT2D eigenvalue weighted by molar-refractivity contribution is 0.195. The second-order valence-electron chi connectivity index (χ2n) is 3.13. The highest BCUT2D eigenvalue weighted by Crippen LogP contribution is 2.20. The molecule has 1 aliphatic heterocycles. The molecule has 2 heterocycles. The van der Waals surface area contributed by atoms with Crippen LogP contribution in [0.5, 0.6) is 0 Å². The summed E-state index contributed by atoms with van der Waals surface area (Å²) in [5, 5.41) is 3.64. The first-order chi connectivity index (χ1) is 6.75. The summed E-state index contributed by atoms with van der Waals surface area (Å²) in [6.45, 7) is 1.45. The van der Waals surface area contributed by atoms with Crippen molar-refractivity contribution in [1.82, 2.24) is 9.97 Å². The standard InChI is InChI=1S/C8H11ClN4O/c9-6-3-11-8(10)13-7(6)12-5-1-2-14-4-5/h3,5H,1-2,4H2,(H3,10,11,12,13). The van der Waals surface area contributed by atoms with Crippen molar-refractivity contribution in [2.45, 2.75) is 12.5 Å². The number of ether oxygens (including phenoxy) is 1. The van der Waals surface area contributed by atoms with E-state index in [9.17, 15) is 0 Å². The summed E-state index contributed by atoms with van der Waals surface area (Å²) in [4.78, 5) is 7.78. The lowest BCUT2D eigenvalue weighted by atomic mass is 10.2. The van der Waals surface area contributed by atoms with Crippen LogP contribution in [-0.4, -0.2) is 29.2 Å². The SMILES string of the molecule is Nc1ncc(Cl)c(NC2CCOC2)n1. The van der Waals surface area contributed by atoms with Gasteiger partial charge in [-0.3, -0.25) is 0 Å². The zero-order chi connectivity index (χ0) is 9.97. The van der Waals surface area contributed by atoms with Crippen LogP contribution in [0.4, 0.5) is 11.8 Å². The number of hydrogen-bond donors (Lipinski definition) is 2. The molecule has 0 amide bonds. The average Bonchev–Trinajstić information content (AvgIpc) is 2.64. The molecular formula is C8H11ClN4O. The van der Waals surface area contributed by atoms with Gasteiger partial charge < -0.3 is 15.8 Å². The largest absolute Gasteiger partial charge is 0.379 e. The van der Waals surface area contributed by atoms with E-state index < -0.39 is 0 Å². The fourth-order valence-electron chi connectivity index (χ4n) is 1.32. The summed E-state index contributed by atoms with van der Waals surface area (Å²) in [5.74, 6) is 0.797. The first kappa shape index (κ1) is 9.48. The number of anilines is 2. The van der Waals surface area contributed by atoms with E-state index in [4.69, 9.17) is 22.1 Å². The molecule has 0 spiro atoms. The minimum absolute atomic E-state index is 0.218. The predicted molar refractivity (Wildman–Crippen MR) is 54.3 cm³/mol. The monoisotopic (exact) mass is 214 g/mol. The number of nitrogens with zero attached hydrogens (tertiary/aromatic N) is 2. The number of hydrogen-bond acceptors (Lipinski definition) is 5. The molecule has 3 N–H and O–H groups in total. The van der Waals surface area contributed by atoms with Crippen LogP contribution in [0.15, 0.2) is 6.20 Å². The van der Waals surface area contributed by atoms with Crippen molar-refractivity contribution in [2.75, 3.05) is 24.3 Å². The van der Waals surface area contributed by atoms with E-state index in [2.05, 4.69) is 15.3 Å². The van der Waals surface area contributed by atoms with Gasteiger partial charge in [-0.2, -0.15) is 4.98 Å². The molecule has 2 rings (SSSR count). The predicted octanol–water partition coefficient (Wildman–Crippen LogP) is 0.913. The van der Waals surface area contributed by atoms with Crippen LogP contribution in [0.3, 0.4) is 0 Å². The maximum atomic E-state index is 5.89. The van der Waals surface area contributed by atoms with Crippen LogP contribution in [-0.2, 0) is 4.74 Å². The van der Waals surface area contributed by atoms with Crippen LogP contribution in [0.1, 0.15) is 6.42 Å². The van der Waals surface area contributed by atoms with Crippen molar-refractivity contribution in [1.29, 1.82) is 0 Å². The number of nitrogens with one attached hydrogen (secondary N) is 1. The van der Waals surface area contributed by atoms with E-state index >= 15 is 0 Å². The number of aromatic nitrogens is 2. The van der Waals surface area contributed by atoms with Crippen molar-refractivity contribution in [3.8, 4) is 0 Å². The zero-order valence-corrected chi connectivity index (χ0v) is 8.29. The Morgan fingerprint density at radius 3 is 3.21 bits per heavy atom. The minimum atomic E-state index is 0.218. The molecule has 1 unspecified atom stereocenters. The summed E-state index contributed by atoms with van der Waals surface area (Å²) in [5.41, 5.74) is 5.45. The van der Waals surface area contributed by atoms with Gasteiger partial charge in [0.15, 0.2) is 5.82 Å². The van der Waals surface area contributed by atoms with Gasteiger partial charge in [-0.05, 0) is 6.42 Å². The third-order valence-electron chi connectivity index (χ3n) is 2.03. The Balaban J connectivity index is 2.10. The van der Waals surface area contributed by atoms with E-state index in [1.165, 1.54) is 6.20 Å². The van der Waals surface area contributed by atoms with Crippen molar-refractivity contribution in [2.24, 2.45) is 0 Å². The summed E-state index contributed by atoms with van der Waals surface area (Å²) in [7, 11) is 0. The highest BCUT2D eigenvalue weighted by atomic mass is 35.5. The summed E-state index contributed by atoms with van der Waals surface area (Å²) in [6, 6.07) is 0.266. The Labute approximate surface area is 86.6 Å². The third-order valence-corrected chi connectivity index (χ3v) is 2.31. The third kappa shape index (κ3) is 2.05. The Bertz CT molecular complexity index is 327. The molecule has 0 bridgehead atoms. The van der Waals surface area contributed by atoms with Gasteiger partial charge in [0.25, 0.3) is 0 Å². The van der Waals surface area contributed by atoms with Crippen LogP contribution in [0.25, 0.3) is 0 Å². The second kappa shape index (κ2) is 3.98. The van der Waals surface area contributed by atoms with Gasteiger partial charge in [0.05, 0.1) is 18.8 Å². The number of rotatable bonds is 2. The Kier molecular flexibility index (Phi) is 2.69. The molecule has 6 heteroatoms. The molecule has 0 aromatic carbocycles. The Morgan fingerprint density at radius 2 is 2.50 bits per heavy atom. The van der Waals surface area contributed by atoms with Crippen LogP contribution < -0.4 is 11.1 Å². The van der Waals surface area contributed by atoms with E-state index in [0.29, 0.717) is 17.4 Å². The van der Waals surface area contributed by atoms with Gasteiger partial charge in [0.1, 0.15) is 5.02 Å². The average molecular weight is 215 g/mol. The Hall–Kier alpha value is -1.07. The first-order valence-corrected chi connectivity index (χ1v) is 4.76. The molecule has 76 valence electrons. The van der Waals surface area contributed by atoms with Crippen molar-refractivity contribution in [3.05, 3.63) is 11.2 Å². The van der Waals surface area contributed by atoms with E-state index in [1.807, 2.05) is 0 Å². The minimum Gasteiger partial charge on any atom is -0.379 e. The van der Waals surface area contributed by atoms with Crippen molar-refractivity contribution < 1.29 is 4.74 Å². The lowest BCUT2D eigenvalue weighted by Gasteiger charge is -2.12. The van der Waals surface area contributed by atoms with E-state index in [-0.39, 0.29) is 12.0 Å². The van der Waals surface area contributed by atoms with Gasteiger partial charge >= 0.3 is 0 Å². The molecular weight excluding hydrogens is 204 g/mol. The van der Waals surface area contributed by atoms with Crippen LogP contribution in [0.2, 0.25) is 5.02 Å². The zero-order valence-electron chi connectivity index (χ0n) is 7.53. The first-order valence-electron chi connectivity index (χ1n) is 4.38. The van der Waals surface area contributed by atoms with Crippen LogP contribution in [0, 0.1) is 0 Å². The molecule has 1 saturated heterocycles. The molecule has 1 atom stereocenters. The van der Waals surface area contributed by atoms with Gasteiger partial charge in [-0.25, -0.2) is 4.98 Å². The topological polar surface area (TPSA) is 73.1 Å². The molecule has 0 aliphatic carbocycles. The normalized spacial score (nSPS) is 21.1. The highest BCUT2D eigenvalue weighted by molar-refractivity contribution is 6.32. The van der Waals surface area contributed by atoms with Crippen molar-refractivity contribution >= 4 is 23.4 Å². The summed E-state index contributed by atoms with van der Waals surface area (Å²) in [6.07, 6.45) is 2.45. The van der Waals surface area contributed by atoms with E-state index in [1.54, 1.807) is 0 Å². The Morgan fingerprint density at radius 1 is 1.64 bits per heavy atom. The van der Waals surface area contributed by atoms with Gasteiger partial charge in [0, 0.05) is 6.61 Å². The summed E-state index contributed by atoms with van der Waals surface area (Å²) >= 11 is 5.89. The van der Waals surface area contributed by atoms with Gasteiger partial charge in [0.2, 0.25) is 5.95 Å². The number of nitrogens with two attached hydrogens (primary N) is 1. The molecule has 1 fully saturated rings. The van der Waals surface area contributed by atoms with Crippen LogP contribution >= 0.6 is 11.6 Å². The molecule has 0 radical (unpaired) electrons. The molecule has 1 aromatic rings. The van der Waals surface area contributed by atoms with E-state index in [0.717, 1.165) is 13.0 Å². The number of halogens is 1. The van der Waals surface area contributed by atoms with Gasteiger partial charge in [-0.15, -0.1) is 0 Å². The quantitative estimate of drug-likeness (QED) is 0.766. The molecule has 14 heavy (non-hydrogen) atoms. The molecule has 1 aromatic heterocycles. The fraction of sp³-hybridized carbons (Fsp3) is 0.500. The maximum absolute atomic E-state index is 5.89. The highest BCUT2D eigenvalue weighted by Gasteiger charge is 2.17. The van der Waals surface area contributed by atoms with Crippen molar-refractivity contribution in [3.63, 3.8) is 0 Å². The molecule has 1 aliphatic rings. The molecule has 0 saturated carbocycles. The number of nitrogen functional groups attached to an aromatic ring is 1. The maximum Gasteiger partial charge on any atom is 0.222 e. The summed E-state index contributed by atoms with van der Waals surface area (Å²) < 4.78 is 5.22. The second-order valence-corrected chi connectivity index (χ2v) is 3.54. The molecule has 5 nitrogen and oxygen atoms in total.